The van der Waals surface area contributed by atoms with E-state index in [1.54, 1.807) is 6.92 Å². The maximum absolute atomic E-state index is 11.9. The third-order valence-electron chi connectivity index (χ3n) is 2.52. The van der Waals surface area contributed by atoms with Crippen LogP contribution < -0.4 is 11.1 Å². The van der Waals surface area contributed by atoms with Crippen LogP contribution in [0.25, 0.3) is 0 Å². The van der Waals surface area contributed by atoms with Gasteiger partial charge in [-0.3, -0.25) is 19.7 Å². The van der Waals surface area contributed by atoms with Gasteiger partial charge in [0.05, 0.1) is 4.92 Å². The van der Waals surface area contributed by atoms with Gasteiger partial charge < -0.3 is 11.1 Å². The van der Waals surface area contributed by atoms with Crippen molar-refractivity contribution in [3.8, 4) is 0 Å². The largest absolute Gasteiger partial charge is 0.368 e. The van der Waals surface area contributed by atoms with E-state index < -0.39 is 22.8 Å². The van der Waals surface area contributed by atoms with Crippen LogP contribution in [0.2, 0.25) is 0 Å². The van der Waals surface area contributed by atoms with E-state index in [2.05, 4.69) is 11.9 Å². The molecule has 3 N–H and O–H groups in total. The van der Waals surface area contributed by atoms with E-state index in [1.165, 1.54) is 18.2 Å². The van der Waals surface area contributed by atoms with Crippen molar-refractivity contribution in [1.29, 1.82) is 0 Å². The lowest BCUT2D eigenvalue weighted by Crippen LogP contribution is -2.44. The third-order valence-corrected chi connectivity index (χ3v) is 2.52. The summed E-state index contributed by atoms with van der Waals surface area (Å²) in [5.41, 5.74) is 5.76. The van der Waals surface area contributed by atoms with Crippen molar-refractivity contribution < 1.29 is 14.5 Å². The normalized spacial score (nSPS) is 11.4. The summed E-state index contributed by atoms with van der Waals surface area (Å²) in [4.78, 5) is 33.2. The van der Waals surface area contributed by atoms with Crippen molar-refractivity contribution in [1.82, 2.24) is 5.32 Å². The van der Waals surface area contributed by atoms with Gasteiger partial charge in [-0.05, 0) is 19.4 Å². The average Bonchev–Trinajstić information content (AvgIpc) is 2.37. The van der Waals surface area contributed by atoms with Crippen molar-refractivity contribution >= 4 is 17.5 Å². The number of hydrogen-bond donors (Lipinski definition) is 2. The van der Waals surface area contributed by atoms with Crippen LogP contribution >= 0.6 is 0 Å². The summed E-state index contributed by atoms with van der Waals surface area (Å²) in [6.45, 7) is 5.35. The minimum absolute atomic E-state index is 0.0900. The van der Waals surface area contributed by atoms with Crippen molar-refractivity contribution in [2.75, 3.05) is 0 Å². The first-order valence-corrected chi connectivity index (χ1v) is 5.80. The molecule has 1 atom stereocenters. The quantitative estimate of drug-likeness (QED) is 0.461. The van der Waals surface area contributed by atoms with Crippen molar-refractivity contribution in [3.63, 3.8) is 0 Å². The summed E-state index contributed by atoms with van der Waals surface area (Å²) in [5.74, 6) is -1.29. The van der Waals surface area contributed by atoms with Gasteiger partial charge >= 0.3 is 0 Å². The van der Waals surface area contributed by atoms with Crippen molar-refractivity contribution in [2.24, 2.45) is 5.73 Å². The molecule has 106 valence electrons. The van der Waals surface area contributed by atoms with Crippen LogP contribution in [0.4, 0.5) is 5.69 Å². The minimum Gasteiger partial charge on any atom is -0.368 e. The molecule has 2 amide bonds. The zero-order valence-electron chi connectivity index (χ0n) is 11.0. The van der Waals surface area contributed by atoms with E-state index in [0.29, 0.717) is 5.57 Å². The lowest BCUT2D eigenvalue weighted by Gasteiger charge is -2.15. The summed E-state index contributed by atoms with van der Waals surface area (Å²) in [5, 5.41) is 13.1. The Labute approximate surface area is 115 Å². The number of amides is 2. The molecule has 0 bridgehead atoms. The number of non-ortho nitro benzene ring substituents is 1. The topological polar surface area (TPSA) is 115 Å². The molecule has 0 aliphatic carbocycles. The number of hydrogen-bond acceptors (Lipinski definition) is 4. The molecular formula is C13H15N3O4. The Hall–Kier alpha value is -2.70. The Kier molecular flexibility index (Phi) is 4.96. The summed E-state index contributed by atoms with van der Waals surface area (Å²) in [6, 6.07) is 4.33. The zero-order chi connectivity index (χ0) is 15.3. The number of carbonyl (C=O) groups excluding carboxylic acids is 2. The second-order valence-corrected chi connectivity index (χ2v) is 4.40. The number of nitrogens with one attached hydrogen (secondary N) is 1. The monoisotopic (exact) mass is 277 g/mol. The molecule has 0 spiro atoms. The number of rotatable bonds is 6. The second kappa shape index (κ2) is 6.46. The fraction of sp³-hybridized carbons (Fsp3) is 0.231. The summed E-state index contributed by atoms with van der Waals surface area (Å²) in [6.07, 6.45) is 0.218. The first-order chi connectivity index (χ1) is 9.31. The van der Waals surface area contributed by atoms with Crippen LogP contribution in [0.3, 0.4) is 0 Å². The van der Waals surface area contributed by atoms with Gasteiger partial charge in [0.2, 0.25) is 5.91 Å². The number of primary amides is 1. The van der Waals surface area contributed by atoms with Crippen LogP contribution in [0.5, 0.6) is 0 Å². The molecule has 1 aromatic rings. The Balaban J connectivity index is 2.88. The van der Waals surface area contributed by atoms with Gasteiger partial charge in [-0.1, -0.05) is 11.6 Å². The van der Waals surface area contributed by atoms with E-state index in [0.717, 1.165) is 6.07 Å². The molecule has 0 heterocycles. The molecule has 1 aromatic carbocycles. The van der Waals surface area contributed by atoms with Crippen LogP contribution in [0.15, 0.2) is 36.4 Å². The highest BCUT2D eigenvalue weighted by Gasteiger charge is 2.20. The molecule has 0 saturated heterocycles. The average molecular weight is 277 g/mol. The Morgan fingerprint density at radius 3 is 2.65 bits per heavy atom. The maximum Gasteiger partial charge on any atom is 0.270 e. The molecule has 0 unspecified atom stereocenters. The Bertz CT molecular complexity index is 568. The van der Waals surface area contributed by atoms with Gasteiger partial charge in [0.25, 0.3) is 11.6 Å². The van der Waals surface area contributed by atoms with Crippen LogP contribution in [-0.2, 0) is 4.79 Å². The number of nitro benzene ring substituents is 1. The molecule has 1 rings (SSSR count). The first kappa shape index (κ1) is 15.4. The van der Waals surface area contributed by atoms with Crippen LogP contribution in [0.1, 0.15) is 23.7 Å². The molecule has 0 aliphatic heterocycles. The molecular weight excluding hydrogens is 262 g/mol. The lowest BCUT2D eigenvalue weighted by molar-refractivity contribution is -0.384. The van der Waals surface area contributed by atoms with Crippen molar-refractivity contribution in [2.45, 2.75) is 19.4 Å². The smallest absolute Gasteiger partial charge is 0.270 e. The maximum atomic E-state index is 11.9. The number of nitro groups is 1. The standard InChI is InChI=1S/C13H15N3O4/c1-8(2)6-11(12(14)17)15-13(18)9-4-3-5-10(7-9)16(19)20/h3-5,7,11H,1,6H2,2H3,(H2,14,17)(H,15,18)/t11-/m0/s1. The first-order valence-electron chi connectivity index (χ1n) is 5.80. The molecule has 0 aromatic heterocycles. The van der Waals surface area contributed by atoms with E-state index in [4.69, 9.17) is 5.73 Å². The SMILES string of the molecule is C=C(C)C[C@H](NC(=O)c1cccc([N+](=O)[O-])c1)C(N)=O. The highest BCUT2D eigenvalue weighted by molar-refractivity contribution is 5.97. The molecule has 0 radical (unpaired) electrons. The number of nitrogens with two attached hydrogens (primary N) is 1. The van der Waals surface area contributed by atoms with Gasteiger partial charge in [0, 0.05) is 17.7 Å². The highest BCUT2D eigenvalue weighted by Crippen LogP contribution is 2.13. The van der Waals surface area contributed by atoms with E-state index in [-0.39, 0.29) is 17.7 Å². The van der Waals surface area contributed by atoms with Gasteiger partial charge in [-0.2, -0.15) is 0 Å². The molecule has 0 saturated carbocycles. The Morgan fingerprint density at radius 1 is 1.50 bits per heavy atom. The predicted octanol–water partition coefficient (Wildman–Crippen LogP) is 1.14. The molecule has 0 aliphatic rings. The molecule has 20 heavy (non-hydrogen) atoms. The summed E-state index contributed by atoms with van der Waals surface area (Å²) >= 11 is 0. The summed E-state index contributed by atoms with van der Waals surface area (Å²) < 4.78 is 0. The van der Waals surface area contributed by atoms with Crippen LogP contribution in [0, 0.1) is 10.1 Å². The lowest BCUT2D eigenvalue weighted by atomic mass is 10.1. The molecule has 0 fully saturated rings. The second-order valence-electron chi connectivity index (χ2n) is 4.40. The third kappa shape index (κ3) is 4.20. The van der Waals surface area contributed by atoms with Gasteiger partial charge in [0.15, 0.2) is 0 Å². The molecule has 7 nitrogen and oxygen atoms in total. The van der Waals surface area contributed by atoms with Gasteiger partial charge in [-0.15, -0.1) is 6.58 Å². The fourth-order valence-corrected chi connectivity index (χ4v) is 1.57. The van der Waals surface area contributed by atoms with Gasteiger partial charge in [-0.25, -0.2) is 0 Å². The van der Waals surface area contributed by atoms with Crippen molar-refractivity contribution in [3.05, 3.63) is 52.1 Å². The Morgan fingerprint density at radius 2 is 2.15 bits per heavy atom. The predicted molar refractivity (Wildman–Crippen MR) is 73.0 cm³/mol. The zero-order valence-corrected chi connectivity index (χ0v) is 11.0. The minimum atomic E-state index is -0.890. The number of carbonyl (C=O) groups is 2. The van der Waals surface area contributed by atoms with Gasteiger partial charge in [0.1, 0.15) is 6.04 Å². The highest BCUT2D eigenvalue weighted by atomic mass is 16.6. The molecule has 7 heteroatoms. The van der Waals surface area contributed by atoms with E-state index in [9.17, 15) is 19.7 Å². The van der Waals surface area contributed by atoms with E-state index in [1.807, 2.05) is 0 Å². The van der Waals surface area contributed by atoms with E-state index >= 15 is 0 Å². The fourth-order valence-electron chi connectivity index (χ4n) is 1.57. The summed E-state index contributed by atoms with van der Waals surface area (Å²) in [7, 11) is 0. The number of nitrogens with zero attached hydrogens (tertiary/aromatic N) is 1. The van der Waals surface area contributed by atoms with Crippen LogP contribution in [-0.4, -0.2) is 22.8 Å². The number of benzene rings is 1.